The van der Waals surface area contributed by atoms with E-state index in [-0.39, 0.29) is 17.7 Å². The topological polar surface area (TPSA) is 90.6 Å². The van der Waals surface area contributed by atoms with Crippen LogP contribution in [0.5, 0.6) is 11.5 Å². The molecule has 29 heavy (non-hydrogen) atoms. The molecule has 1 amide bonds. The molecule has 0 saturated heterocycles. The fourth-order valence-electron chi connectivity index (χ4n) is 3.67. The van der Waals surface area contributed by atoms with E-state index in [9.17, 15) is 9.59 Å². The minimum Gasteiger partial charge on any atom is -0.493 e. The lowest BCUT2D eigenvalue weighted by Crippen LogP contribution is -2.31. The molecule has 1 aliphatic carbocycles. The summed E-state index contributed by atoms with van der Waals surface area (Å²) in [5.41, 5.74) is 9.61. The van der Waals surface area contributed by atoms with Gasteiger partial charge in [0, 0.05) is 17.7 Å². The molecule has 0 aliphatic heterocycles. The lowest BCUT2D eigenvalue weighted by molar-refractivity contribution is -0.122. The number of carbonyl (C=O) groups excluding carboxylic acids is 2. The van der Waals surface area contributed by atoms with E-state index in [2.05, 4.69) is 5.32 Å². The van der Waals surface area contributed by atoms with Gasteiger partial charge in [0.1, 0.15) is 0 Å². The van der Waals surface area contributed by atoms with Gasteiger partial charge in [-0.1, -0.05) is 6.07 Å². The number of hydrogen-bond donors (Lipinski definition) is 2. The van der Waals surface area contributed by atoms with E-state index in [0.29, 0.717) is 36.5 Å². The van der Waals surface area contributed by atoms with E-state index in [4.69, 9.17) is 15.2 Å². The number of carbonyl (C=O) groups is 2. The van der Waals surface area contributed by atoms with Crippen LogP contribution in [0, 0.1) is 0 Å². The van der Waals surface area contributed by atoms with Crippen molar-refractivity contribution in [1.82, 2.24) is 5.32 Å². The third-order valence-electron chi connectivity index (χ3n) is 5.19. The van der Waals surface area contributed by atoms with Crippen molar-refractivity contribution in [3.05, 3.63) is 53.1 Å². The van der Waals surface area contributed by atoms with Gasteiger partial charge in [-0.15, -0.1) is 0 Å². The van der Waals surface area contributed by atoms with Gasteiger partial charge in [-0.05, 0) is 74.1 Å². The number of Topliss-reactive ketones (excluding diaryl/α,β-unsaturated/α-hetero) is 1. The molecule has 154 valence electrons. The molecule has 0 fully saturated rings. The monoisotopic (exact) mass is 396 g/mol. The molecule has 0 spiro atoms. The Balaban J connectivity index is 1.48. The number of hydrogen-bond acceptors (Lipinski definition) is 5. The average Bonchev–Trinajstić information content (AvgIpc) is 2.71. The van der Waals surface area contributed by atoms with Crippen LogP contribution in [0.1, 0.15) is 60.1 Å². The van der Waals surface area contributed by atoms with Crippen molar-refractivity contribution in [1.29, 1.82) is 0 Å². The molecule has 0 aromatic heterocycles. The van der Waals surface area contributed by atoms with E-state index in [0.717, 1.165) is 24.9 Å². The Morgan fingerprint density at radius 3 is 2.76 bits per heavy atom. The van der Waals surface area contributed by atoms with Gasteiger partial charge in [0.25, 0.3) is 0 Å². The Morgan fingerprint density at radius 2 is 2.00 bits per heavy atom. The lowest BCUT2D eigenvalue weighted by atomic mass is 9.87. The summed E-state index contributed by atoms with van der Waals surface area (Å²) in [7, 11) is 1.54. The number of fused-ring (bicyclic) bond motifs is 1. The number of nitrogen functional groups attached to an aromatic ring is 1. The van der Waals surface area contributed by atoms with E-state index in [1.807, 2.05) is 18.2 Å². The second-order valence-electron chi connectivity index (χ2n) is 7.34. The van der Waals surface area contributed by atoms with Crippen molar-refractivity contribution in [2.24, 2.45) is 0 Å². The van der Waals surface area contributed by atoms with Gasteiger partial charge in [0.15, 0.2) is 17.3 Å². The zero-order valence-corrected chi connectivity index (χ0v) is 17.0. The summed E-state index contributed by atoms with van der Waals surface area (Å²) in [6.07, 6.45) is 3.96. The molecule has 1 aliphatic rings. The molecule has 0 saturated carbocycles. The van der Waals surface area contributed by atoms with Crippen LogP contribution in [0.3, 0.4) is 0 Å². The van der Waals surface area contributed by atoms with Crippen LogP contribution in [-0.4, -0.2) is 25.4 Å². The maximum Gasteiger partial charge on any atom is 0.220 e. The van der Waals surface area contributed by atoms with Crippen LogP contribution in [0.15, 0.2) is 36.4 Å². The molecule has 6 heteroatoms. The number of aryl methyl sites for hydroxylation is 1. The summed E-state index contributed by atoms with van der Waals surface area (Å²) in [5.74, 6) is 1.07. The molecule has 2 aromatic carbocycles. The summed E-state index contributed by atoms with van der Waals surface area (Å²) in [6.45, 7) is 1.90. The molecule has 6 nitrogen and oxygen atoms in total. The van der Waals surface area contributed by atoms with E-state index >= 15 is 0 Å². The second-order valence-corrected chi connectivity index (χ2v) is 7.34. The van der Waals surface area contributed by atoms with Crippen LogP contribution in [0.2, 0.25) is 0 Å². The summed E-state index contributed by atoms with van der Waals surface area (Å²) in [5, 5.41) is 3.14. The van der Waals surface area contributed by atoms with Crippen molar-refractivity contribution in [3.8, 4) is 11.5 Å². The molecule has 3 rings (SSSR count). The fraction of sp³-hybridized carbons (Fsp3) is 0.391. The fourth-order valence-corrected chi connectivity index (χ4v) is 3.67. The van der Waals surface area contributed by atoms with E-state index in [1.165, 1.54) is 25.2 Å². The highest BCUT2D eigenvalue weighted by Gasteiger charge is 2.21. The highest BCUT2D eigenvalue weighted by molar-refractivity contribution is 5.94. The summed E-state index contributed by atoms with van der Waals surface area (Å²) >= 11 is 0. The van der Waals surface area contributed by atoms with Crippen molar-refractivity contribution in [3.63, 3.8) is 0 Å². The number of methoxy groups -OCH3 is 1. The minimum absolute atomic E-state index is 0.0159. The van der Waals surface area contributed by atoms with Crippen molar-refractivity contribution in [2.75, 3.05) is 19.5 Å². The normalized spacial score (nSPS) is 15.3. The number of anilines is 1. The zero-order valence-electron chi connectivity index (χ0n) is 17.0. The molecule has 2 aromatic rings. The first-order valence-corrected chi connectivity index (χ1v) is 9.97. The third-order valence-corrected chi connectivity index (χ3v) is 5.19. The number of ether oxygens (including phenoxy) is 2. The number of benzene rings is 2. The number of nitrogens with one attached hydrogen (secondary N) is 1. The highest BCUT2D eigenvalue weighted by atomic mass is 16.5. The number of nitrogens with two attached hydrogens (primary N) is 1. The first-order chi connectivity index (χ1) is 14.0. The van der Waals surface area contributed by atoms with Gasteiger partial charge in [-0.2, -0.15) is 0 Å². The molecule has 0 bridgehead atoms. The van der Waals surface area contributed by atoms with Crippen LogP contribution in [-0.2, 0) is 11.2 Å². The first-order valence-electron chi connectivity index (χ1n) is 9.97. The van der Waals surface area contributed by atoms with Gasteiger partial charge >= 0.3 is 0 Å². The summed E-state index contributed by atoms with van der Waals surface area (Å²) < 4.78 is 11.0. The van der Waals surface area contributed by atoms with E-state index < -0.39 is 0 Å². The molecular formula is C23H28N2O4. The van der Waals surface area contributed by atoms with Crippen molar-refractivity contribution < 1.29 is 19.1 Å². The summed E-state index contributed by atoms with van der Waals surface area (Å²) in [4.78, 5) is 23.9. The SMILES string of the molecule is COc1cc(C(C)=O)ccc1OCCCC(=O)NC1CCCc2cc(N)ccc21. The van der Waals surface area contributed by atoms with Crippen molar-refractivity contribution >= 4 is 17.4 Å². The first kappa shape index (κ1) is 20.7. The largest absolute Gasteiger partial charge is 0.493 e. The molecule has 3 N–H and O–H groups in total. The van der Waals surface area contributed by atoms with Crippen LogP contribution >= 0.6 is 0 Å². The Bertz CT molecular complexity index is 894. The van der Waals surface area contributed by atoms with Crippen LogP contribution < -0.4 is 20.5 Å². The van der Waals surface area contributed by atoms with Gasteiger partial charge < -0.3 is 20.5 Å². The smallest absolute Gasteiger partial charge is 0.220 e. The maximum absolute atomic E-state index is 12.4. The third kappa shape index (κ3) is 5.28. The Hall–Kier alpha value is -3.02. The number of ketones is 1. The van der Waals surface area contributed by atoms with Gasteiger partial charge in [0.2, 0.25) is 5.91 Å². The minimum atomic E-state index is -0.0292. The lowest BCUT2D eigenvalue weighted by Gasteiger charge is -2.26. The zero-order chi connectivity index (χ0) is 20.8. The van der Waals surface area contributed by atoms with Gasteiger partial charge in [0.05, 0.1) is 19.8 Å². The molecule has 1 unspecified atom stereocenters. The average molecular weight is 396 g/mol. The number of amides is 1. The van der Waals surface area contributed by atoms with Crippen LogP contribution in [0.25, 0.3) is 0 Å². The van der Waals surface area contributed by atoms with Crippen molar-refractivity contribution in [2.45, 2.75) is 45.1 Å². The Labute approximate surface area is 171 Å². The molecule has 0 radical (unpaired) electrons. The second kappa shape index (κ2) is 9.45. The maximum atomic E-state index is 12.4. The number of rotatable bonds is 8. The predicted octanol–water partition coefficient (Wildman–Crippen LogP) is 3.83. The molecule has 0 heterocycles. The van der Waals surface area contributed by atoms with Gasteiger partial charge in [-0.25, -0.2) is 0 Å². The predicted molar refractivity (Wildman–Crippen MR) is 112 cm³/mol. The van der Waals surface area contributed by atoms with Crippen LogP contribution in [0.4, 0.5) is 5.69 Å². The van der Waals surface area contributed by atoms with Gasteiger partial charge in [-0.3, -0.25) is 9.59 Å². The molecular weight excluding hydrogens is 368 g/mol. The Morgan fingerprint density at radius 1 is 1.17 bits per heavy atom. The molecule has 1 atom stereocenters. The summed E-state index contributed by atoms with van der Waals surface area (Å²) in [6, 6.07) is 11.1. The Kier molecular flexibility index (Phi) is 6.75. The highest BCUT2D eigenvalue weighted by Crippen LogP contribution is 2.31. The quantitative estimate of drug-likeness (QED) is 0.402. The van der Waals surface area contributed by atoms with E-state index in [1.54, 1.807) is 18.2 Å². The standard InChI is InChI=1S/C23H28N2O4/c1-15(26)16-8-11-21(22(14-16)28-2)29-12-4-7-23(27)25-20-6-3-5-17-13-18(24)9-10-19(17)20/h8-11,13-14,20H,3-7,12,24H2,1-2H3,(H,25,27).